The van der Waals surface area contributed by atoms with E-state index in [2.05, 4.69) is 4.90 Å². The number of Topliss-reactive ketones (excluding diaryl/α,β-unsaturated/α-hetero) is 1. The van der Waals surface area contributed by atoms with Crippen LogP contribution in [0.25, 0.3) is 0 Å². The van der Waals surface area contributed by atoms with E-state index in [9.17, 15) is 9.59 Å². The first-order chi connectivity index (χ1) is 13.5. The molecule has 1 aliphatic carbocycles. The molecule has 154 valence electrons. The highest BCUT2D eigenvalue weighted by Gasteiger charge is 2.26. The Morgan fingerprint density at radius 3 is 2.61 bits per heavy atom. The second kappa shape index (κ2) is 10.1. The maximum Gasteiger partial charge on any atom is 0.263 e. The average molecular weight is 387 g/mol. The van der Waals surface area contributed by atoms with E-state index in [1.807, 2.05) is 4.90 Å². The van der Waals surface area contributed by atoms with Gasteiger partial charge in [0.1, 0.15) is 5.75 Å². The fourth-order valence-electron chi connectivity index (χ4n) is 4.41. The van der Waals surface area contributed by atoms with Crippen LogP contribution in [-0.2, 0) is 4.79 Å². The minimum atomic E-state index is -0.549. The van der Waals surface area contributed by atoms with Crippen molar-refractivity contribution in [2.45, 2.75) is 58.5 Å². The highest BCUT2D eigenvalue weighted by molar-refractivity contribution is 5.94. The van der Waals surface area contributed by atoms with Crippen LogP contribution in [0.2, 0.25) is 0 Å². The van der Waals surface area contributed by atoms with Crippen molar-refractivity contribution in [2.24, 2.45) is 5.92 Å². The van der Waals surface area contributed by atoms with Gasteiger partial charge in [0.05, 0.1) is 0 Å². The summed E-state index contributed by atoms with van der Waals surface area (Å²) in [5, 5.41) is 0. The summed E-state index contributed by atoms with van der Waals surface area (Å²) in [7, 11) is 0. The average Bonchev–Trinajstić information content (AvgIpc) is 2.94. The molecule has 0 N–H and O–H groups in total. The minimum absolute atomic E-state index is 0.00463. The molecule has 1 saturated carbocycles. The number of hydrogen-bond acceptors (Lipinski definition) is 4. The van der Waals surface area contributed by atoms with Crippen molar-refractivity contribution in [3.8, 4) is 5.75 Å². The molecule has 1 unspecified atom stereocenters. The Balaban J connectivity index is 1.50. The van der Waals surface area contributed by atoms with Crippen LogP contribution < -0.4 is 4.74 Å². The predicted octanol–water partition coefficient (Wildman–Crippen LogP) is 3.77. The van der Waals surface area contributed by atoms with E-state index in [-0.39, 0.29) is 11.7 Å². The maximum atomic E-state index is 12.9. The van der Waals surface area contributed by atoms with Crippen molar-refractivity contribution in [1.29, 1.82) is 0 Å². The molecular weight excluding hydrogens is 352 g/mol. The molecule has 2 aliphatic rings. The molecule has 1 atom stereocenters. The lowest BCUT2D eigenvalue weighted by molar-refractivity contribution is -0.137. The number of nitrogens with zero attached hydrogens (tertiary/aromatic N) is 2. The molecular formula is C23H34N2O3. The summed E-state index contributed by atoms with van der Waals surface area (Å²) in [6.45, 7) is 8.11. The Morgan fingerprint density at radius 1 is 1.07 bits per heavy atom. The second-order valence-electron chi connectivity index (χ2n) is 8.33. The normalized spacial score (nSPS) is 20.4. The lowest BCUT2D eigenvalue weighted by Gasteiger charge is -2.29. The molecule has 1 aliphatic heterocycles. The predicted molar refractivity (Wildman–Crippen MR) is 111 cm³/mol. The first kappa shape index (κ1) is 20.8. The summed E-state index contributed by atoms with van der Waals surface area (Å²) >= 11 is 0. The number of ether oxygens (including phenoxy) is 1. The fourth-order valence-corrected chi connectivity index (χ4v) is 4.41. The molecule has 1 heterocycles. The summed E-state index contributed by atoms with van der Waals surface area (Å²) in [4.78, 5) is 28.9. The number of rotatable bonds is 6. The molecule has 3 rings (SSSR count). The van der Waals surface area contributed by atoms with Gasteiger partial charge in [-0.3, -0.25) is 9.59 Å². The van der Waals surface area contributed by atoms with E-state index in [4.69, 9.17) is 4.74 Å². The van der Waals surface area contributed by atoms with Crippen LogP contribution in [0.4, 0.5) is 0 Å². The molecule has 0 bridgehead atoms. The highest BCUT2D eigenvalue weighted by atomic mass is 16.5. The number of hydrogen-bond donors (Lipinski definition) is 0. The van der Waals surface area contributed by atoms with Gasteiger partial charge in [-0.15, -0.1) is 0 Å². The van der Waals surface area contributed by atoms with Gasteiger partial charge in [-0.1, -0.05) is 31.4 Å². The van der Waals surface area contributed by atoms with E-state index in [0.717, 1.165) is 38.5 Å². The SMILES string of the molecule is CC(=O)c1cccc(OC(C)C(=O)N2CCCN(CC3CCCCC3)CC2)c1. The van der Waals surface area contributed by atoms with Crippen molar-refractivity contribution in [1.82, 2.24) is 9.80 Å². The molecule has 1 saturated heterocycles. The highest BCUT2D eigenvalue weighted by Crippen LogP contribution is 2.25. The second-order valence-corrected chi connectivity index (χ2v) is 8.33. The smallest absolute Gasteiger partial charge is 0.263 e. The summed E-state index contributed by atoms with van der Waals surface area (Å²) in [5.41, 5.74) is 0.602. The van der Waals surface area contributed by atoms with Crippen molar-refractivity contribution in [3.63, 3.8) is 0 Å². The zero-order valence-corrected chi connectivity index (χ0v) is 17.4. The number of carbonyl (C=O) groups excluding carboxylic acids is 2. The maximum absolute atomic E-state index is 12.9. The Morgan fingerprint density at radius 2 is 1.86 bits per heavy atom. The van der Waals surface area contributed by atoms with Crippen LogP contribution in [0.3, 0.4) is 0 Å². The van der Waals surface area contributed by atoms with Crippen LogP contribution >= 0.6 is 0 Å². The van der Waals surface area contributed by atoms with Crippen LogP contribution in [0.1, 0.15) is 62.7 Å². The lowest BCUT2D eigenvalue weighted by atomic mass is 9.89. The van der Waals surface area contributed by atoms with Gasteiger partial charge in [0.2, 0.25) is 0 Å². The first-order valence-corrected chi connectivity index (χ1v) is 10.8. The molecule has 2 fully saturated rings. The van der Waals surface area contributed by atoms with Crippen molar-refractivity contribution in [2.75, 3.05) is 32.7 Å². The number of amides is 1. The minimum Gasteiger partial charge on any atom is -0.481 e. The Hall–Kier alpha value is -1.88. The molecule has 1 amide bonds. The van der Waals surface area contributed by atoms with Gasteiger partial charge < -0.3 is 14.5 Å². The van der Waals surface area contributed by atoms with Gasteiger partial charge in [-0.2, -0.15) is 0 Å². The lowest BCUT2D eigenvalue weighted by Crippen LogP contribution is -2.42. The molecule has 1 aromatic rings. The fraction of sp³-hybridized carbons (Fsp3) is 0.652. The standard InChI is InChI=1S/C23H34N2O3/c1-18(26)21-10-6-11-22(16-21)28-19(2)23(27)25-13-7-12-24(14-15-25)17-20-8-4-3-5-9-20/h6,10-11,16,19-20H,3-5,7-9,12-15,17H2,1-2H3. The van der Waals surface area contributed by atoms with E-state index >= 15 is 0 Å². The molecule has 5 nitrogen and oxygen atoms in total. The number of carbonyl (C=O) groups is 2. The zero-order valence-electron chi connectivity index (χ0n) is 17.4. The third kappa shape index (κ3) is 5.81. The summed E-state index contributed by atoms with van der Waals surface area (Å²) in [5.74, 6) is 1.44. The van der Waals surface area contributed by atoms with Crippen molar-refractivity contribution >= 4 is 11.7 Å². The Bertz CT molecular complexity index is 670. The van der Waals surface area contributed by atoms with Crippen molar-refractivity contribution < 1.29 is 14.3 Å². The van der Waals surface area contributed by atoms with Crippen LogP contribution in [0.15, 0.2) is 24.3 Å². The third-order valence-electron chi connectivity index (χ3n) is 6.04. The van der Waals surface area contributed by atoms with Gasteiger partial charge in [0, 0.05) is 31.7 Å². The van der Waals surface area contributed by atoms with Crippen LogP contribution in [0.5, 0.6) is 5.75 Å². The topological polar surface area (TPSA) is 49.9 Å². The van der Waals surface area contributed by atoms with E-state index in [0.29, 0.717) is 11.3 Å². The largest absolute Gasteiger partial charge is 0.481 e. The first-order valence-electron chi connectivity index (χ1n) is 10.8. The van der Waals surface area contributed by atoms with Gasteiger partial charge in [0.15, 0.2) is 11.9 Å². The zero-order chi connectivity index (χ0) is 19.9. The van der Waals surface area contributed by atoms with E-state index in [1.165, 1.54) is 45.6 Å². The molecule has 0 radical (unpaired) electrons. The molecule has 0 spiro atoms. The quantitative estimate of drug-likeness (QED) is 0.699. The van der Waals surface area contributed by atoms with E-state index < -0.39 is 6.10 Å². The van der Waals surface area contributed by atoms with Crippen LogP contribution in [0, 0.1) is 5.92 Å². The summed E-state index contributed by atoms with van der Waals surface area (Å²) in [6.07, 6.45) is 7.35. The van der Waals surface area contributed by atoms with Gasteiger partial charge >= 0.3 is 0 Å². The Labute approximate surface area is 169 Å². The monoisotopic (exact) mass is 386 g/mol. The number of benzene rings is 1. The van der Waals surface area contributed by atoms with Gasteiger partial charge in [0.25, 0.3) is 5.91 Å². The van der Waals surface area contributed by atoms with E-state index in [1.54, 1.807) is 31.2 Å². The molecule has 28 heavy (non-hydrogen) atoms. The van der Waals surface area contributed by atoms with Crippen LogP contribution in [-0.4, -0.2) is 60.3 Å². The van der Waals surface area contributed by atoms with Crippen molar-refractivity contribution in [3.05, 3.63) is 29.8 Å². The third-order valence-corrected chi connectivity index (χ3v) is 6.04. The summed E-state index contributed by atoms with van der Waals surface area (Å²) < 4.78 is 5.85. The Kier molecular flexibility index (Phi) is 7.49. The molecule has 0 aromatic heterocycles. The molecule has 1 aromatic carbocycles. The molecule has 5 heteroatoms. The summed E-state index contributed by atoms with van der Waals surface area (Å²) in [6, 6.07) is 7.06. The number of ketones is 1. The van der Waals surface area contributed by atoms with Gasteiger partial charge in [-0.05, 0) is 57.7 Å². The van der Waals surface area contributed by atoms with Gasteiger partial charge in [-0.25, -0.2) is 0 Å².